The molecule has 5 aliphatic rings. The fraction of sp³-hybridized carbons (Fsp3) is 0.356. The summed E-state index contributed by atoms with van der Waals surface area (Å²) in [7, 11) is 4.26. The zero-order valence-electron chi connectivity index (χ0n) is 30.3. The Morgan fingerprint density at radius 3 is 2.06 bits per heavy atom. The molecule has 2 saturated carbocycles. The zero-order valence-corrected chi connectivity index (χ0v) is 30.3. The van der Waals surface area contributed by atoms with Crippen LogP contribution >= 0.6 is 0 Å². The fourth-order valence-corrected chi connectivity index (χ4v) is 10.0. The predicted molar refractivity (Wildman–Crippen MR) is 207 cm³/mol. The van der Waals surface area contributed by atoms with E-state index in [4.69, 9.17) is 0 Å². The van der Waals surface area contributed by atoms with Crippen LogP contribution in [0.3, 0.4) is 0 Å². The van der Waals surface area contributed by atoms with E-state index in [1.165, 1.54) is 35.4 Å². The molecule has 2 aliphatic heterocycles. The molecule has 7 heteroatoms. The monoisotopic (exact) mass is 694 g/mol. The first kappa shape index (κ1) is 33.9. The van der Waals surface area contributed by atoms with Gasteiger partial charge in [0.25, 0.3) is 0 Å². The van der Waals surface area contributed by atoms with Crippen molar-refractivity contribution in [1.29, 1.82) is 0 Å². The lowest BCUT2D eigenvalue weighted by atomic mass is 9.67. The average Bonchev–Trinajstić information content (AvgIpc) is 3.72. The van der Waals surface area contributed by atoms with Crippen molar-refractivity contribution in [1.82, 2.24) is 0 Å². The van der Waals surface area contributed by atoms with Crippen molar-refractivity contribution in [3.63, 3.8) is 0 Å². The summed E-state index contributed by atoms with van der Waals surface area (Å²) in [4.78, 5) is 26.3. The summed E-state index contributed by atoms with van der Waals surface area (Å²) in [6.45, 7) is 0. The fourth-order valence-electron chi connectivity index (χ4n) is 10.0. The Bertz CT molecular complexity index is 2110. The molecule has 0 unspecified atom stereocenters. The molecular formula is C45H48N3O4+. The molecule has 3 aliphatic carbocycles. The topological polar surface area (TPSA) is 92.9 Å². The Kier molecular flexibility index (Phi) is 8.76. The van der Waals surface area contributed by atoms with E-state index in [0.29, 0.717) is 11.1 Å². The molecule has 0 radical (unpaired) electrons. The first-order chi connectivity index (χ1) is 25.2. The summed E-state index contributed by atoms with van der Waals surface area (Å²) in [5, 5.41) is 23.5. The summed E-state index contributed by atoms with van der Waals surface area (Å²) in [5.74, 6) is -1.76. The standard InChI is InChI=1S/C45H47N3O4/c1-47-37-20-16-32(42(49)50)28-35(37)44(24-8-4-9-25-44)39(47)22-18-30-14-15-31(41(30)46-34-12-6-3-7-13-34)19-23-40-45(26-10-5-11-27-45)36-29-33(43(51)52)17-21-38(36)48(40)2/h3,6-7,12-13,16-23,28-29H,4-5,8-11,14-15,24-27H2,1-2H3,(H2,49,50,51,52)/p+1/b30-18-,39-22-. The molecule has 7 nitrogen and oxygen atoms in total. The molecule has 0 amide bonds. The summed E-state index contributed by atoms with van der Waals surface area (Å²) < 4.78 is 2.29. The van der Waals surface area contributed by atoms with E-state index in [1.54, 1.807) is 12.1 Å². The third kappa shape index (κ3) is 5.62. The maximum absolute atomic E-state index is 12.0. The first-order valence-corrected chi connectivity index (χ1v) is 19.0. The minimum atomic E-state index is -0.880. The lowest BCUT2D eigenvalue weighted by Gasteiger charge is -2.36. The third-order valence-corrected chi connectivity index (χ3v) is 12.6. The van der Waals surface area contributed by atoms with Crippen molar-refractivity contribution in [3.05, 3.63) is 136 Å². The van der Waals surface area contributed by atoms with Gasteiger partial charge in [-0.15, -0.1) is 0 Å². The number of benzene rings is 3. The van der Waals surface area contributed by atoms with Crippen molar-refractivity contribution in [2.24, 2.45) is 0 Å². The SMILES string of the molecule is CN1/C(=C\C=C2\CCC(/C=C/C3=[N+](C)c4ccc(C(=O)O)cc4C34CCCCC4)=C2Nc2ccccc2)C2(CCCCC2)c2cc(C(=O)O)ccc21. The highest BCUT2D eigenvalue weighted by Crippen LogP contribution is 2.55. The van der Waals surface area contributed by atoms with Gasteiger partial charge in [-0.2, -0.15) is 4.58 Å². The van der Waals surface area contributed by atoms with Crippen molar-refractivity contribution in [2.45, 2.75) is 87.9 Å². The lowest BCUT2D eigenvalue weighted by Crippen LogP contribution is -2.36. The minimum absolute atomic E-state index is 0.184. The molecule has 0 saturated heterocycles. The number of fused-ring (bicyclic) bond motifs is 4. The number of carboxylic acid groups (broad SMARTS) is 2. The number of anilines is 2. The normalized spacial score (nSPS) is 21.9. The van der Waals surface area contributed by atoms with Crippen LogP contribution in [-0.4, -0.2) is 46.5 Å². The van der Waals surface area contributed by atoms with Crippen LogP contribution < -0.4 is 10.2 Å². The van der Waals surface area contributed by atoms with Gasteiger partial charge >= 0.3 is 11.9 Å². The van der Waals surface area contributed by atoms with Gasteiger partial charge in [-0.3, -0.25) is 0 Å². The van der Waals surface area contributed by atoms with Crippen LogP contribution in [0, 0.1) is 0 Å². The van der Waals surface area contributed by atoms with Gasteiger partial charge in [0.15, 0.2) is 5.71 Å². The molecule has 0 atom stereocenters. The Morgan fingerprint density at radius 1 is 0.750 bits per heavy atom. The minimum Gasteiger partial charge on any atom is -0.478 e. The highest BCUT2D eigenvalue weighted by molar-refractivity contribution is 6.04. The summed E-state index contributed by atoms with van der Waals surface area (Å²) >= 11 is 0. The number of likely N-dealkylation sites (N-methyl/N-ethyl adjacent to an activating group) is 1. The Labute approximate surface area is 306 Å². The molecule has 8 rings (SSSR count). The van der Waals surface area contributed by atoms with E-state index in [9.17, 15) is 19.8 Å². The summed E-state index contributed by atoms with van der Waals surface area (Å²) in [6, 6.07) is 21.6. The van der Waals surface area contributed by atoms with Crippen molar-refractivity contribution < 1.29 is 24.4 Å². The van der Waals surface area contributed by atoms with Crippen LogP contribution in [0.15, 0.2) is 114 Å². The Morgan fingerprint density at radius 2 is 1.38 bits per heavy atom. The number of rotatable bonds is 7. The lowest BCUT2D eigenvalue weighted by molar-refractivity contribution is -0.401. The molecule has 266 valence electrons. The van der Waals surface area contributed by atoms with E-state index in [1.807, 2.05) is 30.3 Å². The van der Waals surface area contributed by atoms with Crippen molar-refractivity contribution in [2.75, 3.05) is 24.3 Å². The van der Waals surface area contributed by atoms with Crippen LogP contribution in [0.5, 0.6) is 0 Å². The van der Waals surface area contributed by atoms with Crippen molar-refractivity contribution >= 4 is 34.7 Å². The van der Waals surface area contributed by atoms with Gasteiger partial charge in [0.1, 0.15) is 7.05 Å². The molecule has 52 heavy (non-hydrogen) atoms. The molecule has 3 aromatic rings. The number of aromatic carboxylic acids is 2. The number of hydrogen-bond acceptors (Lipinski definition) is 4. The number of carboxylic acids is 2. The smallest absolute Gasteiger partial charge is 0.335 e. The van der Waals surface area contributed by atoms with E-state index < -0.39 is 11.9 Å². The average molecular weight is 695 g/mol. The largest absolute Gasteiger partial charge is 0.478 e. The molecule has 0 aromatic heterocycles. The molecule has 2 spiro atoms. The van der Waals surface area contributed by atoms with Crippen LogP contribution in [0.1, 0.15) is 109 Å². The van der Waals surface area contributed by atoms with Crippen LogP contribution in [0.4, 0.5) is 17.1 Å². The first-order valence-electron chi connectivity index (χ1n) is 19.0. The number of para-hydroxylation sites is 1. The van der Waals surface area contributed by atoms with E-state index in [-0.39, 0.29) is 10.8 Å². The second-order valence-corrected chi connectivity index (χ2v) is 15.3. The van der Waals surface area contributed by atoms with E-state index >= 15 is 0 Å². The highest BCUT2D eigenvalue weighted by Gasteiger charge is 2.51. The van der Waals surface area contributed by atoms with Crippen LogP contribution in [-0.2, 0) is 10.8 Å². The highest BCUT2D eigenvalue weighted by atomic mass is 16.4. The Balaban J connectivity index is 1.20. The molecular weight excluding hydrogens is 647 g/mol. The van der Waals surface area contributed by atoms with Gasteiger partial charge in [0.05, 0.1) is 16.5 Å². The Hall–Kier alpha value is -5.17. The van der Waals surface area contributed by atoms with Gasteiger partial charge in [0, 0.05) is 52.9 Å². The van der Waals surface area contributed by atoms with Gasteiger partial charge < -0.3 is 20.4 Å². The predicted octanol–water partition coefficient (Wildman–Crippen LogP) is 9.89. The zero-order chi connectivity index (χ0) is 36.0. The van der Waals surface area contributed by atoms with E-state index in [2.05, 4.69) is 77.5 Å². The number of nitrogens with zero attached hydrogens (tertiary/aromatic N) is 2. The molecule has 0 bridgehead atoms. The maximum Gasteiger partial charge on any atom is 0.335 e. The van der Waals surface area contributed by atoms with Crippen LogP contribution in [0.2, 0.25) is 0 Å². The molecule has 3 N–H and O–H groups in total. The molecule has 2 heterocycles. The van der Waals surface area contributed by atoms with Gasteiger partial charge in [-0.05, 0) is 104 Å². The van der Waals surface area contributed by atoms with Gasteiger partial charge in [-0.25, -0.2) is 9.59 Å². The van der Waals surface area contributed by atoms with Crippen LogP contribution in [0.25, 0.3) is 0 Å². The van der Waals surface area contributed by atoms with Crippen molar-refractivity contribution in [3.8, 4) is 0 Å². The quantitative estimate of drug-likeness (QED) is 0.213. The summed E-state index contributed by atoms with van der Waals surface area (Å²) in [6.07, 6.45) is 22.1. The van der Waals surface area contributed by atoms with E-state index in [0.717, 1.165) is 98.1 Å². The second-order valence-electron chi connectivity index (χ2n) is 15.3. The number of nitrogens with one attached hydrogen (secondary N) is 1. The number of carbonyl (C=O) groups is 2. The summed E-state index contributed by atoms with van der Waals surface area (Å²) in [5.41, 5.74) is 12.0. The second kappa shape index (κ2) is 13.4. The number of allylic oxidation sites excluding steroid dienone is 7. The van der Waals surface area contributed by atoms with Gasteiger partial charge in [-0.1, -0.05) is 68.9 Å². The molecule has 2 fully saturated rings. The number of hydrogen-bond donors (Lipinski definition) is 3. The maximum atomic E-state index is 12.0. The van der Waals surface area contributed by atoms with Gasteiger partial charge in [0.2, 0.25) is 5.69 Å². The third-order valence-electron chi connectivity index (χ3n) is 12.6. The molecule has 3 aromatic carbocycles.